The number of ether oxygens (including phenoxy) is 2. The molecule has 0 unspecified atom stereocenters. The minimum atomic E-state index is -0.598. The molecule has 0 spiro atoms. The van der Waals surface area contributed by atoms with Crippen LogP contribution in [0.1, 0.15) is 15.9 Å². The van der Waals surface area contributed by atoms with Crippen molar-refractivity contribution in [3.05, 3.63) is 47.5 Å². The van der Waals surface area contributed by atoms with E-state index < -0.39 is 5.91 Å². The number of aromatic hydroxyl groups is 2. The lowest BCUT2D eigenvalue weighted by atomic mass is 10.2. The molecule has 7 heteroatoms. The molecule has 2 rings (SSSR count). The lowest BCUT2D eigenvalue weighted by Crippen LogP contribution is -2.17. The van der Waals surface area contributed by atoms with Crippen LogP contribution in [0.4, 0.5) is 0 Å². The number of amides is 1. The Morgan fingerprint density at radius 3 is 2.48 bits per heavy atom. The third kappa shape index (κ3) is 3.91. The van der Waals surface area contributed by atoms with Gasteiger partial charge >= 0.3 is 0 Å². The van der Waals surface area contributed by atoms with Crippen LogP contribution in [-0.2, 0) is 0 Å². The standard InChI is InChI=1S/C16H16N2O5/c1-22-14-6-3-10(7-15(14)23-2)9-17-18-16(21)12-5-4-11(19)8-13(12)20/h3-9,19-20H,1-2H3,(H,18,21)/b17-9+. The molecule has 1 amide bonds. The first kappa shape index (κ1) is 16.2. The van der Waals surface area contributed by atoms with Gasteiger partial charge in [0.25, 0.3) is 5.91 Å². The quantitative estimate of drug-likeness (QED) is 0.577. The van der Waals surface area contributed by atoms with Gasteiger partial charge in [0.1, 0.15) is 11.5 Å². The van der Waals surface area contributed by atoms with Crippen LogP contribution in [0.3, 0.4) is 0 Å². The molecule has 7 nitrogen and oxygen atoms in total. The summed E-state index contributed by atoms with van der Waals surface area (Å²) in [7, 11) is 3.06. The average molecular weight is 316 g/mol. The van der Waals surface area contributed by atoms with Crippen molar-refractivity contribution < 1.29 is 24.5 Å². The van der Waals surface area contributed by atoms with E-state index in [1.165, 1.54) is 32.6 Å². The zero-order valence-electron chi connectivity index (χ0n) is 12.6. The van der Waals surface area contributed by atoms with Crippen molar-refractivity contribution in [2.24, 2.45) is 5.10 Å². The highest BCUT2D eigenvalue weighted by Gasteiger charge is 2.10. The van der Waals surface area contributed by atoms with Crippen LogP contribution in [0.15, 0.2) is 41.5 Å². The number of methoxy groups -OCH3 is 2. The number of nitrogens with zero attached hydrogens (tertiary/aromatic N) is 1. The van der Waals surface area contributed by atoms with Gasteiger partial charge in [-0.05, 0) is 35.9 Å². The zero-order chi connectivity index (χ0) is 16.8. The second-order valence-electron chi connectivity index (χ2n) is 4.51. The van der Waals surface area contributed by atoms with Crippen LogP contribution >= 0.6 is 0 Å². The Kier molecular flexibility index (Phi) is 5.03. The van der Waals surface area contributed by atoms with Crippen molar-refractivity contribution in [1.82, 2.24) is 5.43 Å². The number of nitrogens with one attached hydrogen (secondary N) is 1. The summed E-state index contributed by atoms with van der Waals surface area (Å²) in [6.07, 6.45) is 1.43. The molecule has 2 aromatic rings. The molecular formula is C16H16N2O5. The van der Waals surface area contributed by atoms with E-state index in [-0.39, 0.29) is 17.1 Å². The molecule has 0 radical (unpaired) electrons. The predicted molar refractivity (Wildman–Crippen MR) is 84.4 cm³/mol. The first-order valence-electron chi connectivity index (χ1n) is 6.62. The molecular weight excluding hydrogens is 300 g/mol. The number of benzene rings is 2. The monoisotopic (exact) mass is 316 g/mol. The number of phenolic OH excluding ortho intramolecular Hbond substituents is 2. The molecule has 0 atom stereocenters. The lowest BCUT2D eigenvalue weighted by Gasteiger charge is -2.07. The van der Waals surface area contributed by atoms with Gasteiger partial charge in [0.2, 0.25) is 0 Å². The summed E-state index contributed by atoms with van der Waals surface area (Å²) in [5, 5.41) is 22.6. The number of hydrogen-bond donors (Lipinski definition) is 3. The molecule has 0 aliphatic heterocycles. The molecule has 0 saturated heterocycles. The molecule has 23 heavy (non-hydrogen) atoms. The largest absolute Gasteiger partial charge is 0.508 e. The van der Waals surface area contributed by atoms with Crippen LogP contribution in [0.25, 0.3) is 0 Å². The van der Waals surface area contributed by atoms with Crippen LogP contribution < -0.4 is 14.9 Å². The van der Waals surface area contributed by atoms with Crippen LogP contribution in [0, 0.1) is 0 Å². The van der Waals surface area contributed by atoms with E-state index in [0.717, 1.165) is 6.07 Å². The Labute approximate surface area is 132 Å². The number of carbonyl (C=O) groups is 1. The number of rotatable bonds is 5. The molecule has 0 aliphatic rings. The van der Waals surface area contributed by atoms with Gasteiger partial charge < -0.3 is 19.7 Å². The van der Waals surface area contributed by atoms with E-state index in [2.05, 4.69) is 10.5 Å². The summed E-state index contributed by atoms with van der Waals surface area (Å²) in [6, 6.07) is 8.83. The Morgan fingerprint density at radius 2 is 1.83 bits per heavy atom. The maximum atomic E-state index is 11.9. The molecule has 0 fully saturated rings. The third-order valence-electron chi connectivity index (χ3n) is 3.01. The smallest absolute Gasteiger partial charge is 0.275 e. The SMILES string of the molecule is COc1ccc(/C=N/NC(=O)c2ccc(O)cc2O)cc1OC. The van der Waals surface area contributed by atoms with Crippen LogP contribution in [0.2, 0.25) is 0 Å². The highest BCUT2D eigenvalue weighted by molar-refractivity contribution is 5.97. The van der Waals surface area contributed by atoms with Crippen LogP contribution in [-0.4, -0.2) is 36.6 Å². The Hall–Kier alpha value is -3.22. The van der Waals surface area contributed by atoms with Crippen molar-refractivity contribution >= 4 is 12.1 Å². The maximum Gasteiger partial charge on any atom is 0.275 e. The first-order valence-corrected chi connectivity index (χ1v) is 6.62. The molecule has 120 valence electrons. The second-order valence-corrected chi connectivity index (χ2v) is 4.51. The number of hydrogen-bond acceptors (Lipinski definition) is 6. The Morgan fingerprint density at radius 1 is 1.09 bits per heavy atom. The Balaban J connectivity index is 2.08. The third-order valence-corrected chi connectivity index (χ3v) is 3.01. The molecule has 0 heterocycles. The predicted octanol–water partition coefficient (Wildman–Crippen LogP) is 1.88. The van der Waals surface area contributed by atoms with Gasteiger partial charge in [0.05, 0.1) is 26.0 Å². The number of phenols is 2. The van der Waals surface area contributed by atoms with Crippen molar-refractivity contribution in [2.45, 2.75) is 0 Å². The Bertz CT molecular complexity index is 743. The minimum absolute atomic E-state index is 0.00672. The zero-order valence-corrected chi connectivity index (χ0v) is 12.6. The molecule has 0 saturated carbocycles. The van der Waals surface area contributed by atoms with Crippen molar-refractivity contribution in [1.29, 1.82) is 0 Å². The van der Waals surface area contributed by atoms with Gasteiger partial charge in [0.15, 0.2) is 11.5 Å². The number of carbonyl (C=O) groups excluding carboxylic acids is 1. The highest BCUT2D eigenvalue weighted by atomic mass is 16.5. The first-order chi connectivity index (χ1) is 11.0. The fraction of sp³-hybridized carbons (Fsp3) is 0.125. The molecule has 3 N–H and O–H groups in total. The molecule has 2 aromatic carbocycles. The van der Waals surface area contributed by atoms with Gasteiger partial charge in [-0.2, -0.15) is 5.10 Å². The fourth-order valence-corrected chi connectivity index (χ4v) is 1.87. The van der Waals surface area contributed by atoms with Gasteiger partial charge in [-0.1, -0.05) is 0 Å². The average Bonchev–Trinajstić information content (AvgIpc) is 2.54. The number of hydrazone groups is 1. The normalized spacial score (nSPS) is 10.5. The van der Waals surface area contributed by atoms with Crippen LogP contribution in [0.5, 0.6) is 23.0 Å². The minimum Gasteiger partial charge on any atom is -0.508 e. The summed E-state index contributed by atoms with van der Waals surface area (Å²) >= 11 is 0. The topological polar surface area (TPSA) is 100 Å². The summed E-state index contributed by atoms with van der Waals surface area (Å²) in [4.78, 5) is 11.9. The summed E-state index contributed by atoms with van der Waals surface area (Å²) in [5.74, 6) is 0.0672. The van der Waals surface area contributed by atoms with E-state index in [9.17, 15) is 15.0 Å². The van der Waals surface area contributed by atoms with Crippen molar-refractivity contribution in [3.63, 3.8) is 0 Å². The molecule has 0 aromatic heterocycles. The van der Waals surface area contributed by atoms with Crippen molar-refractivity contribution in [2.75, 3.05) is 14.2 Å². The maximum absolute atomic E-state index is 11.9. The van der Waals surface area contributed by atoms with E-state index >= 15 is 0 Å². The molecule has 0 bridgehead atoms. The fourth-order valence-electron chi connectivity index (χ4n) is 1.87. The van der Waals surface area contributed by atoms with E-state index in [1.807, 2.05) is 0 Å². The van der Waals surface area contributed by atoms with Gasteiger partial charge in [-0.15, -0.1) is 0 Å². The van der Waals surface area contributed by atoms with Gasteiger partial charge in [-0.3, -0.25) is 4.79 Å². The van der Waals surface area contributed by atoms with Gasteiger partial charge in [0, 0.05) is 6.07 Å². The van der Waals surface area contributed by atoms with E-state index in [1.54, 1.807) is 18.2 Å². The highest BCUT2D eigenvalue weighted by Crippen LogP contribution is 2.27. The summed E-state index contributed by atoms with van der Waals surface area (Å²) in [6.45, 7) is 0. The second kappa shape index (κ2) is 7.17. The van der Waals surface area contributed by atoms with E-state index in [0.29, 0.717) is 17.1 Å². The van der Waals surface area contributed by atoms with Gasteiger partial charge in [-0.25, -0.2) is 5.43 Å². The summed E-state index contributed by atoms with van der Waals surface area (Å²) < 4.78 is 10.3. The molecule has 0 aliphatic carbocycles. The summed E-state index contributed by atoms with van der Waals surface area (Å²) in [5.41, 5.74) is 2.99. The van der Waals surface area contributed by atoms with E-state index in [4.69, 9.17) is 9.47 Å². The van der Waals surface area contributed by atoms with Crippen molar-refractivity contribution in [3.8, 4) is 23.0 Å². The lowest BCUT2D eigenvalue weighted by molar-refractivity contribution is 0.0952.